The lowest BCUT2D eigenvalue weighted by atomic mass is 10.0. The summed E-state index contributed by atoms with van der Waals surface area (Å²) in [4.78, 5) is 27.8. The fraction of sp³-hybridized carbons (Fsp3) is 0.259. The highest BCUT2D eigenvalue weighted by molar-refractivity contribution is 6.32. The molecule has 0 aromatic heterocycles. The molecule has 3 rings (SSSR count). The Kier molecular flexibility index (Phi) is 8.66. The van der Waals surface area contributed by atoms with Gasteiger partial charge in [-0.1, -0.05) is 54.1 Å². The number of halogens is 2. The molecule has 0 spiro atoms. The molecule has 5 nitrogen and oxygen atoms in total. The molecule has 0 heterocycles. The highest BCUT2D eigenvalue weighted by atomic mass is 35.5. The van der Waals surface area contributed by atoms with Gasteiger partial charge in [-0.3, -0.25) is 9.59 Å². The van der Waals surface area contributed by atoms with Crippen LogP contribution in [-0.2, 0) is 22.6 Å². The largest absolute Gasteiger partial charge is 0.484 e. The van der Waals surface area contributed by atoms with Gasteiger partial charge in [0.05, 0.1) is 0 Å². The second kappa shape index (κ2) is 11.7. The van der Waals surface area contributed by atoms with Crippen LogP contribution in [0.25, 0.3) is 0 Å². The number of nitrogens with zero attached hydrogens (tertiary/aromatic N) is 1. The van der Waals surface area contributed by atoms with E-state index < -0.39 is 6.04 Å². The summed E-state index contributed by atoms with van der Waals surface area (Å²) in [6, 6.07) is 18.1. The maximum absolute atomic E-state index is 13.4. The average Bonchev–Trinajstić information content (AvgIpc) is 2.84. The van der Waals surface area contributed by atoms with Gasteiger partial charge in [-0.15, -0.1) is 0 Å². The van der Waals surface area contributed by atoms with Gasteiger partial charge in [0.15, 0.2) is 6.61 Å². The molecule has 0 saturated carbocycles. The minimum atomic E-state index is -0.776. The Morgan fingerprint density at radius 2 is 1.62 bits per heavy atom. The Labute approximate surface area is 204 Å². The van der Waals surface area contributed by atoms with Crippen LogP contribution >= 0.6 is 11.6 Å². The smallest absolute Gasteiger partial charge is 0.261 e. The van der Waals surface area contributed by atoms with Crippen LogP contribution in [-0.4, -0.2) is 36.4 Å². The van der Waals surface area contributed by atoms with Crippen LogP contribution in [0.4, 0.5) is 4.39 Å². The third-order valence-corrected chi connectivity index (χ3v) is 6.15. The highest BCUT2D eigenvalue weighted by Gasteiger charge is 2.30. The summed E-state index contributed by atoms with van der Waals surface area (Å²) in [7, 11) is 1.54. The minimum Gasteiger partial charge on any atom is -0.484 e. The zero-order valence-electron chi connectivity index (χ0n) is 19.5. The van der Waals surface area contributed by atoms with E-state index in [4.69, 9.17) is 16.3 Å². The summed E-state index contributed by atoms with van der Waals surface area (Å²) in [6.07, 6.45) is 0.326. The minimum absolute atomic E-state index is 0.131. The van der Waals surface area contributed by atoms with Crippen LogP contribution in [0.1, 0.15) is 22.3 Å². The molecule has 0 aliphatic rings. The fourth-order valence-electron chi connectivity index (χ4n) is 3.72. The molecule has 1 N–H and O–H groups in total. The van der Waals surface area contributed by atoms with Gasteiger partial charge in [0.2, 0.25) is 5.91 Å². The van der Waals surface area contributed by atoms with Crippen LogP contribution < -0.4 is 10.1 Å². The van der Waals surface area contributed by atoms with Crippen molar-refractivity contribution in [2.24, 2.45) is 0 Å². The van der Waals surface area contributed by atoms with E-state index in [-0.39, 0.29) is 30.8 Å². The SMILES string of the molecule is CNC(=O)C(Cc1ccccc1)N(Cc1ccc(F)cc1)C(=O)COc1cc(C)c(Cl)c(C)c1. The van der Waals surface area contributed by atoms with E-state index in [2.05, 4.69) is 5.32 Å². The summed E-state index contributed by atoms with van der Waals surface area (Å²) in [5.41, 5.74) is 3.31. The first-order chi connectivity index (χ1) is 16.3. The van der Waals surface area contributed by atoms with Crippen LogP contribution in [0.5, 0.6) is 5.75 Å². The zero-order chi connectivity index (χ0) is 24.7. The van der Waals surface area contributed by atoms with Gasteiger partial charge in [-0.2, -0.15) is 0 Å². The van der Waals surface area contributed by atoms with E-state index in [1.54, 1.807) is 24.3 Å². The third-order valence-electron chi connectivity index (χ3n) is 5.56. The number of hydrogen-bond acceptors (Lipinski definition) is 3. The van der Waals surface area contributed by atoms with Crippen molar-refractivity contribution in [1.82, 2.24) is 10.2 Å². The number of aryl methyl sites for hydroxylation is 2. The molecule has 3 aromatic rings. The number of carbonyl (C=O) groups excluding carboxylic acids is 2. The van der Waals surface area contributed by atoms with Gasteiger partial charge in [-0.05, 0) is 60.4 Å². The molecule has 0 fully saturated rings. The maximum atomic E-state index is 13.4. The van der Waals surface area contributed by atoms with E-state index in [0.717, 1.165) is 16.7 Å². The monoisotopic (exact) mass is 482 g/mol. The number of amides is 2. The Balaban J connectivity index is 1.88. The molecule has 0 bridgehead atoms. The van der Waals surface area contributed by atoms with Gasteiger partial charge in [-0.25, -0.2) is 4.39 Å². The van der Waals surface area contributed by atoms with Gasteiger partial charge in [0.1, 0.15) is 17.6 Å². The topological polar surface area (TPSA) is 58.6 Å². The molecule has 1 unspecified atom stereocenters. The van der Waals surface area contributed by atoms with Gasteiger partial charge < -0.3 is 15.0 Å². The molecule has 0 aliphatic heterocycles. The molecule has 178 valence electrons. The predicted molar refractivity (Wildman–Crippen MR) is 131 cm³/mol. The Hall–Kier alpha value is -3.38. The second-order valence-corrected chi connectivity index (χ2v) is 8.51. The van der Waals surface area contributed by atoms with E-state index in [9.17, 15) is 14.0 Å². The lowest BCUT2D eigenvalue weighted by Crippen LogP contribution is -2.51. The Morgan fingerprint density at radius 1 is 1.00 bits per heavy atom. The normalized spacial score (nSPS) is 11.6. The number of nitrogens with one attached hydrogen (secondary N) is 1. The molecule has 2 amide bonds. The standard InChI is InChI=1S/C27H28ClFN2O3/c1-18-13-23(14-19(2)26(18)28)34-17-25(32)31(16-21-9-11-22(29)12-10-21)24(27(33)30-3)15-20-7-5-4-6-8-20/h4-14,24H,15-17H2,1-3H3,(H,30,33). The number of ether oxygens (including phenoxy) is 1. The molecule has 34 heavy (non-hydrogen) atoms. The third kappa shape index (κ3) is 6.58. The molecule has 1 atom stereocenters. The highest BCUT2D eigenvalue weighted by Crippen LogP contribution is 2.26. The van der Waals surface area contributed by atoms with E-state index in [1.165, 1.54) is 24.1 Å². The van der Waals surface area contributed by atoms with Crippen LogP contribution in [0.15, 0.2) is 66.7 Å². The van der Waals surface area contributed by atoms with E-state index >= 15 is 0 Å². The number of carbonyl (C=O) groups is 2. The Morgan fingerprint density at radius 3 is 2.21 bits per heavy atom. The van der Waals surface area contributed by atoms with Crippen molar-refractivity contribution in [3.8, 4) is 5.75 Å². The average molecular weight is 483 g/mol. The van der Waals surface area contributed by atoms with Crippen LogP contribution in [0.2, 0.25) is 5.02 Å². The molecule has 0 aliphatic carbocycles. The van der Waals surface area contributed by atoms with Crippen molar-refractivity contribution >= 4 is 23.4 Å². The molecule has 7 heteroatoms. The maximum Gasteiger partial charge on any atom is 0.261 e. The van der Waals surface area contributed by atoms with Crippen LogP contribution in [0.3, 0.4) is 0 Å². The molecule has 0 saturated heterocycles. The lowest BCUT2D eigenvalue weighted by molar-refractivity contribution is -0.142. The summed E-state index contributed by atoms with van der Waals surface area (Å²) in [5.74, 6) is -0.504. The number of rotatable bonds is 9. The van der Waals surface area contributed by atoms with Crippen molar-refractivity contribution in [3.63, 3.8) is 0 Å². The molecular weight excluding hydrogens is 455 g/mol. The van der Waals surface area contributed by atoms with Gasteiger partial charge in [0.25, 0.3) is 5.91 Å². The number of benzene rings is 3. The molecule has 3 aromatic carbocycles. The first-order valence-electron chi connectivity index (χ1n) is 11.0. The van der Waals surface area contributed by atoms with Crippen LogP contribution in [0, 0.1) is 19.7 Å². The quantitative estimate of drug-likeness (QED) is 0.474. The van der Waals surface area contributed by atoms with Crippen molar-refractivity contribution in [2.45, 2.75) is 32.9 Å². The number of likely N-dealkylation sites (N-methyl/N-ethyl adjacent to an activating group) is 1. The fourth-order valence-corrected chi connectivity index (χ4v) is 3.83. The number of hydrogen-bond donors (Lipinski definition) is 1. The van der Waals surface area contributed by atoms with Crippen molar-refractivity contribution in [2.75, 3.05) is 13.7 Å². The predicted octanol–water partition coefficient (Wildman–Crippen LogP) is 4.86. The summed E-state index contributed by atoms with van der Waals surface area (Å²) in [6.45, 7) is 3.61. The van der Waals surface area contributed by atoms with Crippen molar-refractivity contribution < 1.29 is 18.7 Å². The molecular formula is C27H28ClFN2O3. The Bertz CT molecular complexity index is 1110. The summed E-state index contributed by atoms with van der Waals surface area (Å²) in [5, 5.41) is 3.31. The van der Waals surface area contributed by atoms with E-state index in [1.807, 2.05) is 44.2 Å². The van der Waals surface area contributed by atoms with Gasteiger partial charge in [0, 0.05) is 25.0 Å². The lowest BCUT2D eigenvalue weighted by Gasteiger charge is -2.31. The summed E-state index contributed by atoms with van der Waals surface area (Å²) < 4.78 is 19.2. The van der Waals surface area contributed by atoms with Gasteiger partial charge >= 0.3 is 0 Å². The second-order valence-electron chi connectivity index (χ2n) is 8.13. The zero-order valence-corrected chi connectivity index (χ0v) is 20.2. The van der Waals surface area contributed by atoms with E-state index in [0.29, 0.717) is 22.8 Å². The first-order valence-corrected chi connectivity index (χ1v) is 11.3. The first kappa shape index (κ1) is 25.2. The van der Waals surface area contributed by atoms with Crippen molar-refractivity contribution in [1.29, 1.82) is 0 Å². The summed E-state index contributed by atoms with van der Waals surface area (Å²) >= 11 is 6.23. The molecule has 0 radical (unpaired) electrons. The van der Waals surface area contributed by atoms with Crippen molar-refractivity contribution in [3.05, 3.63) is 99.8 Å².